The molecule has 2 aliphatic rings. The minimum absolute atomic E-state index is 0.190. The normalized spacial score (nSPS) is 18.2. The number of nitrogens with zero attached hydrogens (tertiary/aromatic N) is 5. The molecule has 31 heavy (non-hydrogen) atoms. The third-order valence-electron chi connectivity index (χ3n) is 6.18. The number of fused-ring (bicyclic) bond motifs is 3. The molecule has 0 radical (unpaired) electrons. The summed E-state index contributed by atoms with van der Waals surface area (Å²) >= 11 is 0. The predicted molar refractivity (Wildman–Crippen MR) is 114 cm³/mol. The van der Waals surface area contributed by atoms with Crippen LogP contribution in [0.1, 0.15) is 55.1 Å². The Balaban J connectivity index is 1.60. The van der Waals surface area contributed by atoms with E-state index in [-0.39, 0.29) is 11.5 Å². The molecule has 4 heterocycles. The van der Waals surface area contributed by atoms with E-state index in [1.807, 2.05) is 6.92 Å². The van der Waals surface area contributed by atoms with Crippen LogP contribution in [0.3, 0.4) is 0 Å². The van der Waals surface area contributed by atoms with E-state index < -0.39 is 11.8 Å². The molecule has 1 amide bonds. The van der Waals surface area contributed by atoms with Gasteiger partial charge in [-0.15, -0.1) is 0 Å². The van der Waals surface area contributed by atoms with Gasteiger partial charge >= 0.3 is 0 Å². The van der Waals surface area contributed by atoms with Gasteiger partial charge in [0, 0.05) is 0 Å². The number of pyridine rings is 1. The molecule has 1 fully saturated rings. The molecule has 1 aliphatic heterocycles. The minimum atomic E-state index is -0.649. The van der Waals surface area contributed by atoms with Crippen molar-refractivity contribution in [3.05, 3.63) is 40.3 Å². The first-order valence-corrected chi connectivity index (χ1v) is 10.6. The number of aliphatic hydroxyl groups is 1. The van der Waals surface area contributed by atoms with Gasteiger partial charge in [0.15, 0.2) is 17.0 Å². The number of amides is 1. The Kier molecular flexibility index (Phi) is 4.54. The van der Waals surface area contributed by atoms with Gasteiger partial charge < -0.3 is 20.3 Å². The van der Waals surface area contributed by atoms with Crippen LogP contribution in [0.15, 0.2) is 23.5 Å². The highest BCUT2D eigenvalue weighted by atomic mass is 16.3. The van der Waals surface area contributed by atoms with E-state index in [4.69, 9.17) is 0 Å². The molecule has 3 aromatic heterocycles. The van der Waals surface area contributed by atoms with Crippen molar-refractivity contribution in [2.75, 3.05) is 5.32 Å². The Morgan fingerprint density at radius 1 is 1.23 bits per heavy atom. The van der Waals surface area contributed by atoms with Crippen LogP contribution in [0.25, 0.3) is 11.2 Å². The molecular formula is C21H25N7O3. The van der Waals surface area contributed by atoms with Crippen molar-refractivity contribution >= 4 is 28.6 Å². The predicted octanol–water partition coefficient (Wildman–Crippen LogP) is 1.78. The lowest BCUT2D eigenvalue weighted by atomic mass is 9.89. The summed E-state index contributed by atoms with van der Waals surface area (Å²) in [6.07, 6.45) is 6.98. The largest absolute Gasteiger partial charge is 0.392 e. The van der Waals surface area contributed by atoms with Gasteiger partial charge in [-0.3, -0.25) is 14.2 Å². The summed E-state index contributed by atoms with van der Waals surface area (Å²) in [5.74, 6) is 0.214. The van der Waals surface area contributed by atoms with Crippen molar-refractivity contribution in [3.8, 4) is 0 Å². The molecule has 0 bridgehead atoms. The Morgan fingerprint density at radius 3 is 2.74 bits per heavy atom. The van der Waals surface area contributed by atoms with Crippen molar-refractivity contribution in [1.29, 1.82) is 0 Å². The Bertz CT molecular complexity index is 1240. The van der Waals surface area contributed by atoms with Crippen LogP contribution >= 0.6 is 0 Å². The second kappa shape index (κ2) is 7.16. The fraction of sp³-hybridized carbons (Fsp3) is 0.476. The topological polar surface area (TPSA) is 127 Å². The van der Waals surface area contributed by atoms with E-state index in [1.54, 1.807) is 28.5 Å². The molecule has 5 rings (SSSR count). The monoisotopic (exact) mass is 423 g/mol. The summed E-state index contributed by atoms with van der Waals surface area (Å²) in [5, 5.41) is 15.9. The third-order valence-corrected chi connectivity index (χ3v) is 6.18. The lowest BCUT2D eigenvalue weighted by Crippen LogP contribution is -2.48. The van der Waals surface area contributed by atoms with Crippen molar-refractivity contribution in [2.45, 2.75) is 64.3 Å². The zero-order valence-electron chi connectivity index (χ0n) is 17.6. The highest BCUT2D eigenvalue weighted by Gasteiger charge is 2.45. The van der Waals surface area contributed by atoms with Crippen LogP contribution in [-0.2, 0) is 12.2 Å². The Hall–Kier alpha value is -3.27. The minimum Gasteiger partial charge on any atom is -0.392 e. The highest BCUT2D eigenvalue weighted by Crippen LogP contribution is 2.37. The number of nitrogens with one attached hydrogen (secondary N) is 2. The average Bonchev–Trinajstić information content (AvgIpc) is 3.26. The molecule has 1 spiro atoms. The second-order valence-corrected chi connectivity index (χ2v) is 8.54. The first kappa shape index (κ1) is 19.7. The van der Waals surface area contributed by atoms with Crippen LogP contribution in [-0.4, -0.2) is 41.2 Å². The van der Waals surface area contributed by atoms with Crippen molar-refractivity contribution in [1.82, 2.24) is 29.4 Å². The summed E-state index contributed by atoms with van der Waals surface area (Å²) in [4.78, 5) is 39.2. The van der Waals surface area contributed by atoms with Gasteiger partial charge in [-0.2, -0.15) is 0 Å². The number of anilines is 2. The van der Waals surface area contributed by atoms with Crippen LogP contribution in [0.5, 0.6) is 0 Å². The molecule has 1 unspecified atom stereocenters. The van der Waals surface area contributed by atoms with E-state index in [2.05, 4.69) is 25.6 Å². The van der Waals surface area contributed by atoms with Gasteiger partial charge in [-0.25, -0.2) is 15.0 Å². The molecule has 1 aliphatic carbocycles. The van der Waals surface area contributed by atoms with Gasteiger partial charge in [0.2, 0.25) is 0 Å². The van der Waals surface area contributed by atoms with Crippen molar-refractivity contribution in [3.63, 3.8) is 0 Å². The molecule has 3 aromatic rings. The number of aromatic nitrogens is 5. The summed E-state index contributed by atoms with van der Waals surface area (Å²) in [7, 11) is 0. The van der Waals surface area contributed by atoms with Crippen LogP contribution in [0.2, 0.25) is 0 Å². The zero-order valence-corrected chi connectivity index (χ0v) is 17.6. The fourth-order valence-corrected chi connectivity index (χ4v) is 4.85. The maximum absolute atomic E-state index is 13.5. The summed E-state index contributed by atoms with van der Waals surface area (Å²) in [5.41, 5.74) is 1.68. The molecule has 162 valence electrons. The molecule has 1 saturated carbocycles. The molecule has 0 aromatic carbocycles. The number of aliphatic hydroxyl groups excluding tert-OH is 1. The number of aryl methyl sites for hydroxylation is 1. The van der Waals surface area contributed by atoms with Crippen LogP contribution < -0.4 is 16.2 Å². The van der Waals surface area contributed by atoms with Gasteiger partial charge in [0.25, 0.3) is 11.5 Å². The van der Waals surface area contributed by atoms with Gasteiger partial charge in [-0.1, -0.05) is 6.42 Å². The average molecular weight is 423 g/mol. The van der Waals surface area contributed by atoms with Gasteiger partial charge in [0.1, 0.15) is 23.4 Å². The summed E-state index contributed by atoms with van der Waals surface area (Å²) in [6, 6.07) is 1.69. The van der Waals surface area contributed by atoms with E-state index in [9.17, 15) is 14.7 Å². The fourth-order valence-electron chi connectivity index (χ4n) is 4.85. The lowest BCUT2D eigenvalue weighted by molar-refractivity contribution is 0.0876. The van der Waals surface area contributed by atoms with E-state index in [0.29, 0.717) is 34.9 Å². The number of imidazole rings is 1. The number of carbonyl (C=O) groups is 1. The van der Waals surface area contributed by atoms with E-state index in [1.165, 1.54) is 6.33 Å². The quantitative estimate of drug-likeness (QED) is 0.584. The van der Waals surface area contributed by atoms with E-state index in [0.717, 1.165) is 37.7 Å². The molecule has 3 N–H and O–H groups in total. The summed E-state index contributed by atoms with van der Waals surface area (Å²) in [6.45, 7) is 3.88. The maximum atomic E-state index is 13.5. The molecule has 10 heteroatoms. The van der Waals surface area contributed by atoms with Gasteiger partial charge in [0.05, 0.1) is 19.0 Å². The van der Waals surface area contributed by atoms with Crippen LogP contribution in [0, 0.1) is 6.92 Å². The number of rotatable bonds is 4. The standard InChI is InChI=1S/C21H25N7O3/c1-12-8-14(20(31)28-16(12)19(30)26-21(28)6-4-3-5-7-21)25-17-15-18(23-10-22-17)27(11-24-15)9-13(2)29/h8,10-11,13,29H,3-7,9H2,1-2H3,(H,26,30)(H,22,23,25). The maximum Gasteiger partial charge on any atom is 0.276 e. The number of carbonyl (C=O) groups excluding carboxylic acids is 1. The van der Waals surface area contributed by atoms with Crippen molar-refractivity contribution in [2.24, 2.45) is 0 Å². The SMILES string of the molecule is Cc1cc(Nc2ncnc3c2ncn3CC(C)O)c(=O)n2c1C(=O)NC21CCCCC1. The first-order chi connectivity index (χ1) is 14.9. The summed E-state index contributed by atoms with van der Waals surface area (Å²) < 4.78 is 3.39. The van der Waals surface area contributed by atoms with E-state index >= 15 is 0 Å². The molecule has 1 atom stereocenters. The Labute approximate surface area is 178 Å². The zero-order chi connectivity index (χ0) is 21.8. The lowest BCUT2D eigenvalue weighted by Gasteiger charge is -2.35. The number of hydrogen-bond acceptors (Lipinski definition) is 7. The second-order valence-electron chi connectivity index (χ2n) is 8.54. The van der Waals surface area contributed by atoms with Gasteiger partial charge in [-0.05, 0) is 51.2 Å². The Morgan fingerprint density at radius 2 is 2.00 bits per heavy atom. The van der Waals surface area contributed by atoms with Crippen molar-refractivity contribution < 1.29 is 9.90 Å². The highest BCUT2D eigenvalue weighted by molar-refractivity contribution is 5.97. The third kappa shape index (κ3) is 3.09. The van der Waals surface area contributed by atoms with Crippen LogP contribution in [0.4, 0.5) is 11.5 Å². The molecular weight excluding hydrogens is 398 g/mol. The first-order valence-electron chi connectivity index (χ1n) is 10.6. The number of hydrogen-bond donors (Lipinski definition) is 3. The molecule has 10 nitrogen and oxygen atoms in total. The molecule has 0 saturated heterocycles. The smallest absolute Gasteiger partial charge is 0.276 e.